The number of aryl methyl sites for hydroxylation is 3. The molecule has 0 aliphatic heterocycles. The molecule has 35 heavy (non-hydrogen) atoms. The smallest absolute Gasteiger partial charge is 0.143 e. The second-order valence-corrected chi connectivity index (χ2v) is 9.70. The van der Waals surface area contributed by atoms with Gasteiger partial charge in [0.1, 0.15) is 11.2 Å². The van der Waals surface area contributed by atoms with E-state index in [-0.39, 0.29) is 0 Å². The Morgan fingerprint density at radius 2 is 1.23 bits per heavy atom. The molecule has 1 N–H and O–H groups in total. The first-order chi connectivity index (χ1) is 17.1. The van der Waals surface area contributed by atoms with Crippen molar-refractivity contribution in [3.8, 4) is 22.3 Å². The molecule has 0 radical (unpaired) electrons. The fraction of sp³-hybridized carbons (Fsp3) is 0.0909. The Morgan fingerprint density at radius 3 is 2.00 bits per heavy atom. The second-order valence-electron chi connectivity index (χ2n) is 9.70. The lowest BCUT2D eigenvalue weighted by Crippen LogP contribution is -1.90. The molecule has 0 aliphatic rings. The molecule has 2 nitrogen and oxygen atoms in total. The Hall–Kier alpha value is -4.30. The number of hydrogen-bond donors (Lipinski definition) is 1. The van der Waals surface area contributed by atoms with Crippen molar-refractivity contribution in [1.82, 2.24) is 4.98 Å². The Kier molecular flexibility index (Phi) is 4.22. The minimum absolute atomic E-state index is 0.927. The van der Waals surface area contributed by atoms with Crippen LogP contribution in [0.3, 0.4) is 0 Å². The molecule has 0 atom stereocenters. The van der Waals surface area contributed by atoms with E-state index in [0.717, 1.165) is 44.1 Å². The number of hydrogen-bond acceptors (Lipinski definition) is 1. The van der Waals surface area contributed by atoms with Gasteiger partial charge >= 0.3 is 0 Å². The summed E-state index contributed by atoms with van der Waals surface area (Å²) in [6.07, 6.45) is 0. The Morgan fingerprint density at radius 1 is 0.571 bits per heavy atom. The summed E-state index contributed by atoms with van der Waals surface area (Å²) in [4.78, 5) is 3.61. The molecule has 0 bridgehead atoms. The first-order valence-electron chi connectivity index (χ1n) is 12.1. The van der Waals surface area contributed by atoms with Gasteiger partial charge in [-0.15, -0.1) is 0 Å². The number of aromatic nitrogens is 1. The molecule has 7 aromatic rings. The molecule has 0 aliphatic carbocycles. The van der Waals surface area contributed by atoms with Crippen molar-refractivity contribution in [2.75, 3.05) is 0 Å². The molecule has 2 heteroatoms. The number of H-pyrrole nitrogens is 1. The molecule has 0 unspecified atom stereocenters. The summed E-state index contributed by atoms with van der Waals surface area (Å²) in [7, 11) is 0. The van der Waals surface area contributed by atoms with E-state index in [9.17, 15) is 0 Å². The number of benzene rings is 5. The molecular formula is C33H25NO. The van der Waals surface area contributed by atoms with Crippen LogP contribution in [0.15, 0.2) is 95.4 Å². The van der Waals surface area contributed by atoms with Gasteiger partial charge in [0.15, 0.2) is 0 Å². The summed E-state index contributed by atoms with van der Waals surface area (Å²) in [6, 6.07) is 32.7. The highest BCUT2D eigenvalue weighted by molar-refractivity contribution is 6.12. The summed E-state index contributed by atoms with van der Waals surface area (Å²) in [5.41, 5.74) is 13.0. The number of aromatic amines is 1. The molecule has 0 fully saturated rings. The zero-order valence-electron chi connectivity index (χ0n) is 20.1. The first-order valence-corrected chi connectivity index (χ1v) is 12.1. The van der Waals surface area contributed by atoms with Crippen molar-refractivity contribution in [3.05, 3.63) is 108 Å². The van der Waals surface area contributed by atoms with Crippen molar-refractivity contribution in [2.24, 2.45) is 0 Å². The third-order valence-corrected chi connectivity index (χ3v) is 7.28. The van der Waals surface area contributed by atoms with Crippen LogP contribution < -0.4 is 0 Å². The van der Waals surface area contributed by atoms with E-state index in [1.165, 1.54) is 38.6 Å². The van der Waals surface area contributed by atoms with Gasteiger partial charge < -0.3 is 9.40 Å². The molecular weight excluding hydrogens is 426 g/mol. The quantitative estimate of drug-likeness (QED) is 0.279. The normalized spacial score (nSPS) is 11.9. The monoisotopic (exact) mass is 451 g/mol. The highest BCUT2D eigenvalue weighted by Gasteiger charge is 2.14. The van der Waals surface area contributed by atoms with E-state index < -0.39 is 0 Å². The van der Waals surface area contributed by atoms with Gasteiger partial charge in [0.25, 0.3) is 0 Å². The van der Waals surface area contributed by atoms with Gasteiger partial charge in [-0.2, -0.15) is 0 Å². The van der Waals surface area contributed by atoms with Gasteiger partial charge in [0.2, 0.25) is 0 Å². The van der Waals surface area contributed by atoms with Gasteiger partial charge in [0, 0.05) is 38.1 Å². The topological polar surface area (TPSA) is 28.9 Å². The molecule has 0 saturated carbocycles. The van der Waals surface area contributed by atoms with Gasteiger partial charge in [-0.1, -0.05) is 66.2 Å². The Bertz CT molecular complexity index is 1910. The van der Waals surface area contributed by atoms with E-state index in [0.29, 0.717) is 0 Å². The zero-order valence-corrected chi connectivity index (χ0v) is 20.1. The average molecular weight is 452 g/mol. The van der Waals surface area contributed by atoms with Crippen molar-refractivity contribution in [3.63, 3.8) is 0 Å². The van der Waals surface area contributed by atoms with Crippen molar-refractivity contribution in [1.29, 1.82) is 0 Å². The van der Waals surface area contributed by atoms with Crippen LogP contribution in [0.25, 0.3) is 66.0 Å². The second kappa shape index (κ2) is 7.35. The van der Waals surface area contributed by atoms with Gasteiger partial charge in [-0.25, -0.2) is 0 Å². The maximum absolute atomic E-state index is 6.32. The lowest BCUT2D eigenvalue weighted by Gasteiger charge is -2.12. The van der Waals surface area contributed by atoms with E-state index in [1.54, 1.807) is 0 Å². The van der Waals surface area contributed by atoms with Crippen LogP contribution in [0, 0.1) is 20.8 Å². The molecule has 5 aromatic carbocycles. The van der Waals surface area contributed by atoms with Crippen LogP contribution in [0.4, 0.5) is 0 Å². The summed E-state index contributed by atoms with van der Waals surface area (Å²) >= 11 is 0. The number of rotatable bonds is 2. The Balaban J connectivity index is 1.45. The number of furan rings is 1. The SMILES string of the molecule is Cc1cc(C)c(-c2ccc3[nH]c4ccc(-c5cccc6c5oc5ccccc56)cc4c3c2)c(C)c1. The third kappa shape index (κ3) is 3.03. The van der Waals surface area contributed by atoms with Crippen LogP contribution >= 0.6 is 0 Å². The third-order valence-electron chi connectivity index (χ3n) is 7.28. The number of fused-ring (bicyclic) bond motifs is 6. The zero-order chi connectivity index (χ0) is 23.7. The van der Waals surface area contributed by atoms with Crippen LogP contribution in [0.2, 0.25) is 0 Å². The van der Waals surface area contributed by atoms with Crippen molar-refractivity contribution < 1.29 is 4.42 Å². The lowest BCUT2D eigenvalue weighted by molar-refractivity contribution is 0.670. The first kappa shape index (κ1) is 20.1. The predicted molar refractivity (Wildman–Crippen MR) is 148 cm³/mol. The number of para-hydroxylation sites is 2. The molecule has 7 rings (SSSR count). The van der Waals surface area contributed by atoms with E-state index >= 15 is 0 Å². The van der Waals surface area contributed by atoms with Gasteiger partial charge in [-0.05, 0) is 78.9 Å². The summed E-state index contributed by atoms with van der Waals surface area (Å²) in [6.45, 7) is 6.58. The van der Waals surface area contributed by atoms with E-state index in [1.807, 2.05) is 12.1 Å². The predicted octanol–water partition coefficient (Wildman–Crippen LogP) is 9.48. The molecule has 0 amide bonds. The minimum Gasteiger partial charge on any atom is -0.455 e. The maximum Gasteiger partial charge on any atom is 0.143 e. The van der Waals surface area contributed by atoms with Gasteiger partial charge in [0.05, 0.1) is 0 Å². The van der Waals surface area contributed by atoms with Crippen LogP contribution in [-0.4, -0.2) is 4.98 Å². The fourth-order valence-corrected chi connectivity index (χ4v) is 5.83. The van der Waals surface area contributed by atoms with Gasteiger partial charge in [-0.3, -0.25) is 0 Å². The summed E-state index contributed by atoms with van der Waals surface area (Å²) in [5.74, 6) is 0. The standard InChI is InChI=1S/C33H25NO/c1-19-15-20(2)32(21(3)16-19)23-12-14-30-28(18-23)27-17-22(11-13-29(27)34-30)24-8-6-9-26-25-7-4-5-10-31(25)35-33(24)26/h4-18,34H,1-3H3. The van der Waals surface area contributed by atoms with Crippen molar-refractivity contribution in [2.45, 2.75) is 20.8 Å². The average Bonchev–Trinajstić information content (AvgIpc) is 3.41. The van der Waals surface area contributed by atoms with E-state index in [4.69, 9.17) is 4.42 Å². The van der Waals surface area contributed by atoms with Crippen LogP contribution in [0.1, 0.15) is 16.7 Å². The number of nitrogens with one attached hydrogen (secondary N) is 1. The highest BCUT2D eigenvalue weighted by Crippen LogP contribution is 2.39. The maximum atomic E-state index is 6.32. The largest absolute Gasteiger partial charge is 0.455 e. The van der Waals surface area contributed by atoms with Crippen molar-refractivity contribution >= 4 is 43.7 Å². The van der Waals surface area contributed by atoms with E-state index in [2.05, 4.69) is 105 Å². The molecule has 0 saturated heterocycles. The summed E-state index contributed by atoms with van der Waals surface area (Å²) < 4.78 is 6.32. The summed E-state index contributed by atoms with van der Waals surface area (Å²) in [5, 5.41) is 4.79. The molecule has 2 aromatic heterocycles. The minimum atomic E-state index is 0.927. The highest BCUT2D eigenvalue weighted by atomic mass is 16.3. The van der Waals surface area contributed by atoms with Crippen LogP contribution in [-0.2, 0) is 0 Å². The lowest BCUT2D eigenvalue weighted by atomic mass is 9.93. The fourth-order valence-electron chi connectivity index (χ4n) is 5.83. The Labute approximate surface area is 203 Å². The molecule has 2 heterocycles. The molecule has 168 valence electrons. The molecule has 0 spiro atoms. The van der Waals surface area contributed by atoms with Crippen LogP contribution in [0.5, 0.6) is 0 Å².